The van der Waals surface area contributed by atoms with Crippen molar-refractivity contribution < 1.29 is 57.1 Å². The first kappa shape index (κ1) is 22.7. The summed E-state index contributed by atoms with van der Waals surface area (Å²) in [6.07, 6.45) is -7.42. The number of halogens is 13. The Balaban J connectivity index is 3.58. The van der Waals surface area contributed by atoms with E-state index in [1.165, 1.54) is 0 Å². The second-order valence-electron chi connectivity index (χ2n) is 4.92. The van der Waals surface area contributed by atoms with E-state index in [1.807, 2.05) is 0 Å². The average molecular weight is 428 g/mol. The van der Waals surface area contributed by atoms with Gasteiger partial charge in [0, 0.05) is 10.5 Å². The van der Waals surface area contributed by atoms with Crippen molar-refractivity contribution in [1.29, 1.82) is 0 Å². The molecule has 150 valence electrons. The first-order valence-corrected chi connectivity index (χ1v) is 6.45. The van der Waals surface area contributed by atoms with Gasteiger partial charge in [0.1, 0.15) is 0 Å². The fourth-order valence-electron chi connectivity index (χ4n) is 1.65. The highest BCUT2D eigenvalue weighted by molar-refractivity contribution is 7.80. The van der Waals surface area contributed by atoms with Crippen LogP contribution in [-0.4, -0.2) is 29.9 Å². The molecule has 0 saturated heterocycles. The fourth-order valence-corrected chi connectivity index (χ4v) is 1.88. The molecule has 0 heterocycles. The fraction of sp³-hybridized carbons (Fsp3) is 0.500. The Morgan fingerprint density at radius 3 is 1.38 bits per heavy atom. The van der Waals surface area contributed by atoms with Crippen molar-refractivity contribution in [2.45, 2.75) is 40.7 Å². The SMILES string of the molecule is FC(F)(F)C(F)(F)C(F)(F)C(F)(F)C(F)(F)C(F)(F)c1cccc(S)c1. The normalized spacial score (nSPS) is 15.3. The molecule has 0 nitrogen and oxygen atoms in total. The van der Waals surface area contributed by atoms with Gasteiger partial charge in [0.2, 0.25) is 0 Å². The first-order chi connectivity index (χ1) is 11.2. The van der Waals surface area contributed by atoms with Gasteiger partial charge in [-0.2, -0.15) is 57.1 Å². The van der Waals surface area contributed by atoms with Gasteiger partial charge < -0.3 is 0 Å². The van der Waals surface area contributed by atoms with Crippen molar-refractivity contribution in [2.24, 2.45) is 0 Å². The number of hydrogen-bond donors (Lipinski definition) is 1. The highest BCUT2D eigenvalue weighted by atomic mass is 32.1. The van der Waals surface area contributed by atoms with Crippen LogP contribution < -0.4 is 0 Å². The third-order valence-corrected chi connectivity index (χ3v) is 3.42. The molecule has 1 aromatic carbocycles. The van der Waals surface area contributed by atoms with E-state index in [4.69, 9.17) is 0 Å². The van der Waals surface area contributed by atoms with Crippen molar-refractivity contribution in [2.75, 3.05) is 0 Å². The highest BCUT2D eigenvalue weighted by Gasteiger charge is 2.90. The summed E-state index contributed by atoms with van der Waals surface area (Å²) < 4.78 is 168. The van der Waals surface area contributed by atoms with Gasteiger partial charge in [-0.15, -0.1) is 12.6 Å². The lowest BCUT2D eigenvalue weighted by atomic mass is 9.90. The molecule has 0 unspecified atom stereocenters. The Labute approximate surface area is 141 Å². The summed E-state index contributed by atoms with van der Waals surface area (Å²) in [4.78, 5) is -0.534. The molecule has 0 aliphatic rings. The minimum absolute atomic E-state index is 0.0210. The van der Waals surface area contributed by atoms with Crippen molar-refractivity contribution in [3.8, 4) is 0 Å². The van der Waals surface area contributed by atoms with Crippen LogP contribution in [0.5, 0.6) is 0 Å². The van der Waals surface area contributed by atoms with Gasteiger partial charge in [0.15, 0.2) is 0 Å². The Morgan fingerprint density at radius 1 is 0.577 bits per heavy atom. The molecule has 0 bridgehead atoms. The second-order valence-corrected chi connectivity index (χ2v) is 5.44. The van der Waals surface area contributed by atoms with E-state index < -0.39 is 46.2 Å². The van der Waals surface area contributed by atoms with Gasteiger partial charge >= 0.3 is 35.8 Å². The van der Waals surface area contributed by atoms with Crippen molar-refractivity contribution in [3.05, 3.63) is 29.8 Å². The average Bonchev–Trinajstić information content (AvgIpc) is 2.45. The lowest BCUT2D eigenvalue weighted by molar-refractivity contribution is -0.441. The largest absolute Gasteiger partial charge is 0.460 e. The smallest absolute Gasteiger partial charge is 0.194 e. The lowest BCUT2D eigenvalue weighted by Gasteiger charge is -2.39. The molecular weight excluding hydrogens is 423 g/mol. The highest BCUT2D eigenvalue weighted by Crippen LogP contribution is 2.62. The summed E-state index contributed by atoms with van der Waals surface area (Å²) in [5, 5.41) is 0. The molecule has 1 aromatic rings. The standard InChI is InChI=1S/C12H5F13S/c13-7(14,5-2-1-3-6(26)4-5)8(15,16)9(17,18)10(19,20)11(21,22)12(23,24)25/h1-4,26H. The predicted molar refractivity (Wildman–Crippen MR) is 63.4 cm³/mol. The van der Waals surface area contributed by atoms with E-state index in [0.717, 1.165) is 6.07 Å². The van der Waals surface area contributed by atoms with E-state index in [-0.39, 0.29) is 12.1 Å². The molecule has 0 aromatic heterocycles. The van der Waals surface area contributed by atoms with Crippen LogP contribution in [0.3, 0.4) is 0 Å². The topological polar surface area (TPSA) is 0 Å². The van der Waals surface area contributed by atoms with Crippen LogP contribution in [0.1, 0.15) is 5.56 Å². The Hall–Kier alpha value is -1.34. The zero-order valence-corrected chi connectivity index (χ0v) is 12.6. The summed E-state index contributed by atoms with van der Waals surface area (Å²) in [5.41, 5.74) is -2.05. The summed E-state index contributed by atoms with van der Waals surface area (Å²) in [5.74, 6) is -37.0. The number of benzene rings is 1. The van der Waals surface area contributed by atoms with E-state index in [0.29, 0.717) is 6.07 Å². The van der Waals surface area contributed by atoms with Crippen LogP contribution in [0.15, 0.2) is 29.2 Å². The molecule has 0 aliphatic carbocycles. The zero-order valence-electron chi connectivity index (χ0n) is 11.7. The Bertz CT molecular complexity index is 661. The Morgan fingerprint density at radius 2 is 1.00 bits per heavy atom. The molecular formula is C12H5F13S. The van der Waals surface area contributed by atoms with E-state index in [1.54, 1.807) is 0 Å². The minimum Gasteiger partial charge on any atom is -0.194 e. The first-order valence-electron chi connectivity index (χ1n) is 6.00. The van der Waals surface area contributed by atoms with Gasteiger partial charge in [0.25, 0.3) is 0 Å². The van der Waals surface area contributed by atoms with Gasteiger partial charge in [-0.3, -0.25) is 0 Å². The molecule has 26 heavy (non-hydrogen) atoms. The molecule has 1 rings (SSSR count). The van der Waals surface area contributed by atoms with E-state index >= 15 is 0 Å². The van der Waals surface area contributed by atoms with E-state index in [2.05, 4.69) is 12.6 Å². The maximum atomic E-state index is 13.7. The maximum Gasteiger partial charge on any atom is 0.460 e. The van der Waals surface area contributed by atoms with Crippen LogP contribution in [-0.2, 0) is 5.92 Å². The summed E-state index contributed by atoms with van der Waals surface area (Å²) in [7, 11) is 0. The quantitative estimate of drug-likeness (QED) is 0.421. The van der Waals surface area contributed by atoms with Gasteiger partial charge in [-0.05, 0) is 12.1 Å². The molecule has 0 saturated carbocycles. The number of thiol groups is 1. The van der Waals surface area contributed by atoms with Crippen molar-refractivity contribution >= 4 is 12.6 Å². The Kier molecular flexibility index (Phi) is 5.32. The zero-order chi connectivity index (χ0) is 21.0. The number of alkyl halides is 13. The number of hydrogen-bond acceptors (Lipinski definition) is 1. The minimum atomic E-state index is -7.90. The molecule has 14 heteroatoms. The summed E-state index contributed by atoms with van der Waals surface area (Å²) in [6, 6.07) is 1.50. The number of rotatable bonds is 5. The van der Waals surface area contributed by atoms with Crippen LogP contribution in [0, 0.1) is 0 Å². The van der Waals surface area contributed by atoms with Crippen molar-refractivity contribution in [1.82, 2.24) is 0 Å². The maximum absolute atomic E-state index is 13.7. The second kappa shape index (κ2) is 6.09. The molecule has 0 atom stereocenters. The molecule has 0 spiro atoms. The van der Waals surface area contributed by atoms with Gasteiger partial charge in [-0.25, -0.2) is 0 Å². The lowest BCUT2D eigenvalue weighted by Crippen LogP contribution is -2.69. The van der Waals surface area contributed by atoms with Crippen LogP contribution in [0.2, 0.25) is 0 Å². The van der Waals surface area contributed by atoms with Crippen LogP contribution >= 0.6 is 12.6 Å². The van der Waals surface area contributed by atoms with E-state index in [9.17, 15) is 57.1 Å². The van der Waals surface area contributed by atoms with Crippen LogP contribution in [0.25, 0.3) is 0 Å². The van der Waals surface area contributed by atoms with Crippen molar-refractivity contribution in [3.63, 3.8) is 0 Å². The third-order valence-electron chi connectivity index (χ3n) is 3.14. The van der Waals surface area contributed by atoms with Crippen LogP contribution in [0.4, 0.5) is 57.1 Å². The predicted octanol–water partition coefficient (Wildman–Crippen LogP) is 6.17. The summed E-state index contributed by atoms with van der Waals surface area (Å²) in [6.45, 7) is 0. The third kappa shape index (κ3) is 2.99. The van der Waals surface area contributed by atoms with Gasteiger partial charge in [-0.1, -0.05) is 12.1 Å². The molecule has 0 amide bonds. The molecule has 0 radical (unpaired) electrons. The van der Waals surface area contributed by atoms with Gasteiger partial charge in [0.05, 0.1) is 0 Å². The molecule has 0 fully saturated rings. The molecule has 0 N–H and O–H groups in total. The monoisotopic (exact) mass is 428 g/mol. The molecule has 0 aliphatic heterocycles. The summed E-state index contributed by atoms with van der Waals surface area (Å²) >= 11 is 3.41.